The van der Waals surface area contributed by atoms with Gasteiger partial charge in [0.1, 0.15) is 5.75 Å². The molecular weight excluding hydrogens is 326 g/mol. The lowest BCUT2D eigenvalue weighted by molar-refractivity contribution is -0.137. The van der Waals surface area contributed by atoms with Crippen molar-refractivity contribution in [2.24, 2.45) is 0 Å². The molecule has 1 atom stereocenters. The molecule has 4 heteroatoms. The summed E-state index contributed by atoms with van der Waals surface area (Å²) < 4.78 is 5.65. The van der Waals surface area contributed by atoms with Crippen LogP contribution in [0.2, 0.25) is 0 Å². The van der Waals surface area contributed by atoms with Gasteiger partial charge in [-0.3, -0.25) is 9.59 Å². The standard InChI is InChI=1S/C22H25NO3/c1-2-19-10-6-7-15-23(19)21(24)16-26-20-13-11-18(12-14-20)22(25)17-8-4-3-5-9-17/h3-5,8-9,11-14,19H,2,6-7,10,15-16H2,1H3. The van der Waals surface area contributed by atoms with Gasteiger partial charge in [0.15, 0.2) is 12.4 Å². The van der Waals surface area contributed by atoms with Crippen molar-refractivity contribution in [1.82, 2.24) is 4.90 Å². The third kappa shape index (κ3) is 4.31. The molecule has 1 unspecified atom stereocenters. The van der Waals surface area contributed by atoms with Crippen LogP contribution in [0.15, 0.2) is 54.6 Å². The molecule has 3 rings (SSSR count). The number of nitrogens with zero attached hydrogens (tertiary/aromatic N) is 1. The lowest BCUT2D eigenvalue weighted by Gasteiger charge is -2.35. The lowest BCUT2D eigenvalue weighted by atomic mass is 10.00. The molecule has 1 fully saturated rings. The van der Waals surface area contributed by atoms with E-state index in [-0.39, 0.29) is 18.3 Å². The SMILES string of the molecule is CCC1CCCCN1C(=O)COc1ccc(C(=O)c2ccccc2)cc1. The number of amides is 1. The fourth-order valence-electron chi connectivity index (χ4n) is 3.44. The van der Waals surface area contributed by atoms with E-state index in [1.54, 1.807) is 36.4 Å². The lowest BCUT2D eigenvalue weighted by Crippen LogP contribution is -2.45. The molecule has 0 radical (unpaired) electrons. The minimum Gasteiger partial charge on any atom is -0.484 e. The van der Waals surface area contributed by atoms with Crippen LogP contribution in [0.25, 0.3) is 0 Å². The molecule has 1 aliphatic heterocycles. The molecule has 1 heterocycles. The van der Waals surface area contributed by atoms with Crippen LogP contribution in [0.3, 0.4) is 0 Å². The highest BCUT2D eigenvalue weighted by atomic mass is 16.5. The molecule has 0 aliphatic carbocycles. The van der Waals surface area contributed by atoms with E-state index >= 15 is 0 Å². The first kappa shape index (κ1) is 18.2. The van der Waals surface area contributed by atoms with Gasteiger partial charge in [-0.1, -0.05) is 37.3 Å². The molecule has 0 aromatic heterocycles. The van der Waals surface area contributed by atoms with E-state index in [2.05, 4.69) is 6.92 Å². The number of ketones is 1. The summed E-state index contributed by atoms with van der Waals surface area (Å²) >= 11 is 0. The maximum Gasteiger partial charge on any atom is 0.260 e. The van der Waals surface area contributed by atoms with Crippen molar-refractivity contribution >= 4 is 11.7 Å². The van der Waals surface area contributed by atoms with Gasteiger partial charge in [-0.25, -0.2) is 0 Å². The largest absolute Gasteiger partial charge is 0.484 e. The molecule has 4 nitrogen and oxygen atoms in total. The Morgan fingerprint density at radius 3 is 2.38 bits per heavy atom. The minimum atomic E-state index is -0.0210. The maximum atomic E-state index is 12.4. The first-order valence-corrected chi connectivity index (χ1v) is 9.31. The van der Waals surface area contributed by atoms with E-state index in [4.69, 9.17) is 4.74 Å². The van der Waals surface area contributed by atoms with Gasteiger partial charge >= 0.3 is 0 Å². The first-order valence-electron chi connectivity index (χ1n) is 9.31. The Morgan fingerprint density at radius 2 is 1.69 bits per heavy atom. The van der Waals surface area contributed by atoms with E-state index in [0.717, 1.165) is 25.8 Å². The Morgan fingerprint density at radius 1 is 1.00 bits per heavy atom. The smallest absolute Gasteiger partial charge is 0.260 e. The van der Waals surface area contributed by atoms with Gasteiger partial charge in [0.2, 0.25) is 0 Å². The molecule has 1 saturated heterocycles. The van der Waals surface area contributed by atoms with Crippen LogP contribution >= 0.6 is 0 Å². The fourth-order valence-corrected chi connectivity index (χ4v) is 3.44. The number of ether oxygens (including phenoxy) is 1. The summed E-state index contributed by atoms with van der Waals surface area (Å²) in [5.74, 6) is 0.626. The number of piperidine rings is 1. The molecule has 2 aromatic carbocycles. The van der Waals surface area contributed by atoms with Crippen LogP contribution in [-0.4, -0.2) is 35.8 Å². The monoisotopic (exact) mass is 351 g/mol. The highest BCUT2D eigenvalue weighted by molar-refractivity contribution is 6.08. The Labute approximate surface area is 154 Å². The number of carbonyl (C=O) groups is 2. The molecule has 0 saturated carbocycles. The van der Waals surface area contributed by atoms with Crippen LogP contribution in [0.4, 0.5) is 0 Å². The Hall–Kier alpha value is -2.62. The molecule has 26 heavy (non-hydrogen) atoms. The maximum absolute atomic E-state index is 12.4. The number of hydrogen-bond acceptors (Lipinski definition) is 3. The van der Waals surface area contributed by atoms with Gasteiger partial charge in [-0.2, -0.15) is 0 Å². The third-order valence-electron chi connectivity index (χ3n) is 4.93. The van der Waals surface area contributed by atoms with Crippen molar-refractivity contribution in [2.75, 3.05) is 13.2 Å². The van der Waals surface area contributed by atoms with E-state index in [1.165, 1.54) is 6.42 Å². The summed E-state index contributed by atoms with van der Waals surface area (Å²) in [6.45, 7) is 2.99. The van der Waals surface area contributed by atoms with Crippen LogP contribution < -0.4 is 4.74 Å². The molecule has 0 spiro atoms. The molecule has 1 amide bonds. The second-order valence-corrected chi connectivity index (χ2v) is 6.65. The molecule has 0 bridgehead atoms. The van der Waals surface area contributed by atoms with Gasteiger partial charge < -0.3 is 9.64 Å². The van der Waals surface area contributed by atoms with Gasteiger partial charge in [-0.05, 0) is 49.9 Å². The van der Waals surface area contributed by atoms with Crippen LogP contribution in [-0.2, 0) is 4.79 Å². The molecule has 2 aromatic rings. The Kier molecular flexibility index (Phi) is 6.05. The van der Waals surface area contributed by atoms with Crippen molar-refractivity contribution in [2.45, 2.75) is 38.6 Å². The van der Waals surface area contributed by atoms with Crippen molar-refractivity contribution in [1.29, 1.82) is 0 Å². The predicted molar refractivity (Wildman–Crippen MR) is 101 cm³/mol. The first-order chi connectivity index (χ1) is 12.7. The van der Waals surface area contributed by atoms with Crippen LogP contribution in [0.1, 0.15) is 48.5 Å². The van der Waals surface area contributed by atoms with Gasteiger partial charge in [0.25, 0.3) is 5.91 Å². The normalized spacial score (nSPS) is 17.0. The zero-order valence-electron chi connectivity index (χ0n) is 15.2. The van der Waals surface area contributed by atoms with E-state index < -0.39 is 0 Å². The summed E-state index contributed by atoms with van der Waals surface area (Å²) in [6, 6.07) is 16.5. The third-order valence-corrected chi connectivity index (χ3v) is 4.93. The van der Waals surface area contributed by atoms with Crippen molar-refractivity contribution in [3.05, 3.63) is 65.7 Å². The van der Waals surface area contributed by atoms with E-state index in [0.29, 0.717) is 22.9 Å². The van der Waals surface area contributed by atoms with Crippen molar-refractivity contribution in [3.8, 4) is 5.75 Å². The van der Waals surface area contributed by atoms with E-state index in [9.17, 15) is 9.59 Å². The molecule has 1 aliphatic rings. The van der Waals surface area contributed by atoms with Crippen molar-refractivity contribution in [3.63, 3.8) is 0 Å². The molecular formula is C22H25NO3. The number of benzene rings is 2. The van der Waals surface area contributed by atoms with Gasteiger partial charge in [-0.15, -0.1) is 0 Å². The average Bonchev–Trinajstić information content (AvgIpc) is 2.72. The summed E-state index contributed by atoms with van der Waals surface area (Å²) in [5, 5.41) is 0. The zero-order valence-corrected chi connectivity index (χ0v) is 15.2. The quantitative estimate of drug-likeness (QED) is 0.737. The van der Waals surface area contributed by atoms with Crippen LogP contribution in [0.5, 0.6) is 5.75 Å². The zero-order chi connectivity index (χ0) is 18.4. The number of likely N-dealkylation sites (tertiary alicyclic amines) is 1. The Bertz CT molecular complexity index is 740. The average molecular weight is 351 g/mol. The molecule has 136 valence electrons. The summed E-state index contributed by atoms with van der Waals surface area (Å²) in [6.07, 6.45) is 4.33. The van der Waals surface area contributed by atoms with E-state index in [1.807, 2.05) is 23.1 Å². The van der Waals surface area contributed by atoms with Gasteiger partial charge in [0.05, 0.1) is 0 Å². The fraction of sp³-hybridized carbons (Fsp3) is 0.364. The highest BCUT2D eigenvalue weighted by Crippen LogP contribution is 2.20. The van der Waals surface area contributed by atoms with Gasteiger partial charge in [0, 0.05) is 23.7 Å². The number of hydrogen-bond donors (Lipinski definition) is 0. The second-order valence-electron chi connectivity index (χ2n) is 6.65. The predicted octanol–water partition coefficient (Wildman–Crippen LogP) is 4.09. The molecule has 0 N–H and O–H groups in total. The topological polar surface area (TPSA) is 46.6 Å². The van der Waals surface area contributed by atoms with Crippen LogP contribution in [0, 0.1) is 0 Å². The minimum absolute atomic E-state index is 0.0210. The summed E-state index contributed by atoms with van der Waals surface area (Å²) in [7, 11) is 0. The number of rotatable bonds is 6. The number of carbonyl (C=O) groups excluding carboxylic acids is 2. The summed E-state index contributed by atoms with van der Waals surface area (Å²) in [5.41, 5.74) is 1.27. The van der Waals surface area contributed by atoms with Crippen molar-refractivity contribution < 1.29 is 14.3 Å². The summed E-state index contributed by atoms with van der Waals surface area (Å²) in [4.78, 5) is 26.8. The highest BCUT2D eigenvalue weighted by Gasteiger charge is 2.25. The second kappa shape index (κ2) is 8.65. The Balaban J connectivity index is 1.57.